The molecule has 0 aliphatic carbocycles. The zero-order valence-electron chi connectivity index (χ0n) is 9.01. The Bertz CT molecular complexity index is 733. The number of hydrogen-bond acceptors (Lipinski definition) is 2. The summed E-state index contributed by atoms with van der Waals surface area (Å²) in [6.07, 6.45) is -4.80. The number of benzene rings is 1. The first kappa shape index (κ1) is 13.1. The number of H-pyrrole nitrogens is 1. The summed E-state index contributed by atoms with van der Waals surface area (Å²) < 4.78 is 51.6. The maximum Gasteiger partial charge on any atom is 0.418 e. The Morgan fingerprint density at radius 2 is 1.89 bits per heavy atom. The van der Waals surface area contributed by atoms with Gasteiger partial charge in [0.05, 0.1) is 11.1 Å². The fourth-order valence-corrected chi connectivity index (χ4v) is 1.74. The first-order chi connectivity index (χ1) is 8.73. The van der Waals surface area contributed by atoms with Gasteiger partial charge in [0.2, 0.25) is 5.82 Å². The average molecular weight is 275 g/mol. The van der Waals surface area contributed by atoms with Crippen molar-refractivity contribution in [2.45, 2.75) is 6.18 Å². The molecule has 100 valence electrons. The van der Waals surface area contributed by atoms with Gasteiger partial charge in [-0.15, -0.1) is 0 Å². The monoisotopic (exact) mass is 275 g/mol. The van der Waals surface area contributed by atoms with E-state index in [-0.39, 0.29) is 0 Å². The lowest BCUT2D eigenvalue weighted by atomic mass is 10.0. The van der Waals surface area contributed by atoms with Crippen LogP contribution in [0.15, 0.2) is 23.0 Å². The van der Waals surface area contributed by atoms with Crippen molar-refractivity contribution in [3.63, 3.8) is 0 Å². The Labute approximate surface area is 102 Å². The Hall–Kier alpha value is -2.38. The van der Waals surface area contributed by atoms with Crippen molar-refractivity contribution in [2.75, 3.05) is 0 Å². The summed E-state index contributed by atoms with van der Waals surface area (Å²) in [5.74, 6) is -3.44. The zero-order valence-corrected chi connectivity index (χ0v) is 9.01. The lowest BCUT2D eigenvalue weighted by Crippen LogP contribution is -2.19. The van der Waals surface area contributed by atoms with E-state index in [4.69, 9.17) is 5.11 Å². The van der Waals surface area contributed by atoms with E-state index < -0.39 is 45.6 Å². The van der Waals surface area contributed by atoms with Crippen LogP contribution in [0.25, 0.3) is 10.9 Å². The van der Waals surface area contributed by atoms with Gasteiger partial charge >= 0.3 is 12.1 Å². The highest BCUT2D eigenvalue weighted by atomic mass is 19.4. The quantitative estimate of drug-likeness (QED) is 0.785. The predicted molar refractivity (Wildman–Crippen MR) is 56.5 cm³/mol. The third-order valence-electron chi connectivity index (χ3n) is 2.51. The van der Waals surface area contributed by atoms with Crippen LogP contribution < -0.4 is 5.56 Å². The largest absolute Gasteiger partial charge is 0.478 e. The fourth-order valence-electron chi connectivity index (χ4n) is 1.74. The highest BCUT2D eigenvalue weighted by molar-refractivity contribution is 6.03. The third kappa shape index (κ3) is 2.05. The third-order valence-corrected chi connectivity index (χ3v) is 2.51. The highest BCUT2D eigenvalue weighted by Crippen LogP contribution is 2.34. The van der Waals surface area contributed by atoms with Gasteiger partial charge in [-0.3, -0.25) is 4.79 Å². The van der Waals surface area contributed by atoms with Crippen molar-refractivity contribution in [1.29, 1.82) is 0 Å². The molecule has 0 bridgehead atoms. The average Bonchev–Trinajstić information content (AvgIpc) is 2.28. The molecule has 0 unspecified atom stereocenters. The topological polar surface area (TPSA) is 70.2 Å². The van der Waals surface area contributed by atoms with Crippen molar-refractivity contribution in [3.05, 3.63) is 45.5 Å². The van der Waals surface area contributed by atoms with E-state index in [2.05, 4.69) is 0 Å². The fraction of sp³-hybridized carbons (Fsp3) is 0.0909. The molecule has 0 saturated carbocycles. The summed E-state index contributed by atoms with van der Waals surface area (Å²) in [6, 6.07) is 2.60. The number of para-hydroxylation sites is 1. The molecule has 0 radical (unpaired) electrons. The van der Waals surface area contributed by atoms with Crippen LogP contribution in [0.3, 0.4) is 0 Å². The number of carbonyl (C=O) groups is 1. The second kappa shape index (κ2) is 4.08. The van der Waals surface area contributed by atoms with E-state index in [0.29, 0.717) is 6.07 Å². The molecule has 19 heavy (non-hydrogen) atoms. The first-order valence-corrected chi connectivity index (χ1v) is 4.88. The van der Waals surface area contributed by atoms with Gasteiger partial charge in [0.15, 0.2) is 0 Å². The van der Waals surface area contributed by atoms with Crippen LogP contribution in [0.4, 0.5) is 17.6 Å². The van der Waals surface area contributed by atoms with Crippen molar-refractivity contribution < 1.29 is 27.5 Å². The molecule has 1 aromatic carbocycles. The number of carboxylic acids is 1. The number of hydrogen-bond donors (Lipinski definition) is 2. The van der Waals surface area contributed by atoms with E-state index in [1.807, 2.05) is 0 Å². The summed E-state index contributed by atoms with van der Waals surface area (Å²) in [7, 11) is 0. The van der Waals surface area contributed by atoms with Crippen molar-refractivity contribution in [3.8, 4) is 0 Å². The van der Waals surface area contributed by atoms with E-state index in [9.17, 15) is 27.2 Å². The number of aromatic amines is 1. The van der Waals surface area contributed by atoms with Gasteiger partial charge in [-0.05, 0) is 6.07 Å². The molecule has 0 saturated heterocycles. The van der Waals surface area contributed by atoms with Crippen molar-refractivity contribution in [2.24, 2.45) is 0 Å². The SMILES string of the molecule is O=C(O)c1c(F)c(=O)[nH]c2c(C(F)(F)F)cccc12. The summed E-state index contributed by atoms with van der Waals surface area (Å²) in [5.41, 5.74) is -4.57. The van der Waals surface area contributed by atoms with Crippen molar-refractivity contribution in [1.82, 2.24) is 4.98 Å². The van der Waals surface area contributed by atoms with Crippen LogP contribution >= 0.6 is 0 Å². The number of alkyl halides is 3. The van der Waals surface area contributed by atoms with E-state index >= 15 is 0 Å². The number of halogens is 4. The number of pyridine rings is 1. The number of aromatic carboxylic acids is 1. The second-order valence-electron chi connectivity index (χ2n) is 3.67. The predicted octanol–water partition coefficient (Wildman–Crippen LogP) is 2.38. The van der Waals surface area contributed by atoms with Crippen LogP contribution in [-0.2, 0) is 6.18 Å². The number of aromatic nitrogens is 1. The van der Waals surface area contributed by atoms with Crippen LogP contribution in [-0.4, -0.2) is 16.1 Å². The lowest BCUT2D eigenvalue weighted by Gasteiger charge is -2.11. The molecule has 2 rings (SSSR count). The molecular weight excluding hydrogens is 270 g/mol. The zero-order chi connectivity index (χ0) is 14.4. The molecule has 2 aromatic rings. The molecule has 2 N–H and O–H groups in total. The Balaban J connectivity index is 3.02. The minimum absolute atomic E-state index is 0.514. The molecule has 1 aromatic heterocycles. The van der Waals surface area contributed by atoms with Crippen LogP contribution in [0, 0.1) is 5.82 Å². The number of carboxylic acid groups (broad SMARTS) is 1. The van der Waals surface area contributed by atoms with Gasteiger partial charge in [-0.25, -0.2) is 4.79 Å². The molecule has 8 heteroatoms. The van der Waals surface area contributed by atoms with Gasteiger partial charge in [-0.1, -0.05) is 12.1 Å². The molecular formula is C11H5F4NO3. The van der Waals surface area contributed by atoms with Crippen LogP contribution in [0.1, 0.15) is 15.9 Å². The van der Waals surface area contributed by atoms with Gasteiger partial charge in [0.1, 0.15) is 5.56 Å². The lowest BCUT2D eigenvalue weighted by molar-refractivity contribution is -0.136. The minimum atomic E-state index is -4.80. The van der Waals surface area contributed by atoms with E-state index in [1.165, 1.54) is 0 Å². The molecule has 0 aliphatic rings. The number of nitrogens with one attached hydrogen (secondary N) is 1. The Morgan fingerprint density at radius 1 is 1.26 bits per heavy atom. The standard InChI is InChI=1S/C11H5F4NO3/c12-7-6(10(18)19)4-2-1-3-5(11(13,14)15)8(4)16-9(7)17/h1-3H,(H,16,17)(H,18,19). The normalized spacial score (nSPS) is 11.8. The second-order valence-corrected chi connectivity index (χ2v) is 3.67. The van der Waals surface area contributed by atoms with Gasteiger partial charge in [0, 0.05) is 5.39 Å². The number of rotatable bonds is 1. The molecule has 0 amide bonds. The molecule has 0 aliphatic heterocycles. The smallest absolute Gasteiger partial charge is 0.418 e. The molecule has 4 nitrogen and oxygen atoms in total. The first-order valence-electron chi connectivity index (χ1n) is 4.88. The van der Waals surface area contributed by atoms with Gasteiger partial charge in [0.25, 0.3) is 5.56 Å². The molecule has 0 fully saturated rings. The molecule has 0 atom stereocenters. The van der Waals surface area contributed by atoms with Crippen LogP contribution in [0.2, 0.25) is 0 Å². The van der Waals surface area contributed by atoms with Crippen molar-refractivity contribution >= 4 is 16.9 Å². The van der Waals surface area contributed by atoms with E-state index in [0.717, 1.165) is 12.1 Å². The Kier molecular flexibility index (Phi) is 2.80. The van der Waals surface area contributed by atoms with Gasteiger partial charge < -0.3 is 10.1 Å². The summed E-state index contributed by atoms with van der Waals surface area (Å²) in [5, 5.41) is 8.29. The highest BCUT2D eigenvalue weighted by Gasteiger charge is 2.34. The van der Waals surface area contributed by atoms with E-state index in [1.54, 1.807) is 4.98 Å². The number of fused-ring (bicyclic) bond motifs is 1. The summed E-state index contributed by atoms with van der Waals surface area (Å²) in [6.45, 7) is 0. The maximum atomic E-state index is 13.4. The van der Waals surface area contributed by atoms with Gasteiger partial charge in [-0.2, -0.15) is 17.6 Å². The maximum absolute atomic E-state index is 13.4. The summed E-state index contributed by atoms with van der Waals surface area (Å²) >= 11 is 0. The van der Waals surface area contributed by atoms with Crippen LogP contribution in [0.5, 0.6) is 0 Å². The minimum Gasteiger partial charge on any atom is -0.478 e. The summed E-state index contributed by atoms with van der Waals surface area (Å²) in [4.78, 5) is 23.8. The molecule has 0 spiro atoms. The molecule has 1 heterocycles. The Morgan fingerprint density at radius 3 is 2.42 bits per heavy atom.